The highest BCUT2D eigenvalue weighted by atomic mass is 79.9. The molecule has 1 aromatic heterocycles. The van der Waals surface area contributed by atoms with E-state index >= 15 is 0 Å². The number of aromatic nitrogens is 1. The van der Waals surface area contributed by atoms with Gasteiger partial charge in [0.25, 0.3) is 4.80 Å². The first kappa shape index (κ1) is 8.26. The molecular weight excluding hydrogens is 214 g/mol. The average molecular weight is 220 g/mol. The molecule has 5 heteroatoms. The Morgan fingerprint density at radius 3 is 3.00 bits per heavy atom. The van der Waals surface area contributed by atoms with Crippen molar-refractivity contribution in [2.24, 2.45) is 0 Å². The third-order valence-corrected chi connectivity index (χ3v) is 1.48. The number of hydrogen-bond donors (Lipinski definition) is 1. The number of carbonyl (C=O) groups is 1. The standard InChI is InChI=1S/C6H6BrNO3/c7-6-8-4(3-11-6)1-2-5(9)10/h3H,1-2H2,(H,9,10). The lowest BCUT2D eigenvalue weighted by Crippen LogP contribution is -1.97. The number of rotatable bonds is 3. The lowest BCUT2D eigenvalue weighted by Gasteiger charge is -1.87. The van der Waals surface area contributed by atoms with Gasteiger partial charge in [-0.2, -0.15) is 0 Å². The molecule has 0 aliphatic carbocycles. The van der Waals surface area contributed by atoms with Crippen molar-refractivity contribution in [3.8, 4) is 0 Å². The number of halogens is 1. The van der Waals surface area contributed by atoms with Gasteiger partial charge in [0.05, 0.1) is 12.1 Å². The summed E-state index contributed by atoms with van der Waals surface area (Å²) in [7, 11) is 0. The van der Waals surface area contributed by atoms with E-state index in [4.69, 9.17) is 9.52 Å². The molecule has 0 aliphatic rings. The number of nitrogens with zero attached hydrogens (tertiary/aromatic N) is 1. The Kier molecular flexibility index (Phi) is 2.64. The fourth-order valence-electron chi connectivity index (χ4n) is 0.632. The van der Waals surface area contributed by atoms with E-state index in [1.54, 1.807) is 0 Å². The second-order valence-corrected chi connectivity index (χ2v) is 2.66. The first-order valence-electron chi connectivity index (χ1n) is 3.00. The van der Waals surface area contributed by atoms with Crippen LogP contribution in [0.4, 0.5) is 0 Å². The number of oxazole rings is 1. The predicted octanol–water partition coefficient (Wildman–Crippen LogP) is 1.45. The van der Waals surface area contributed by atoms with Gasteiger partial charge in [-0.1, -0.05) is 0 Å². The van der Waals surface area contributed by atoms with Crippen molar-refractivity contribution in [2.45, 2.75) is 12.8 Å². The van der Waals surface area contributed by atoms with Gasteiger partial charge >= 0.3 is 5.97 Å². The van der Waals surface area contributed by atoms with Crippen LogP contribution in [0.25, 0.3) is 0 Å². The molecule has 0 aliphatic heterocycles. The Labute approximate surface area is 71.4 Å². The van der Waals surface area contributed by atoms with Crippen LogP contribution in [-0.2, 0) is 11.2 Å². The van der Waals surface area contributed by atoms with Crippen molar-refractivity contribution in [3.63, 3.8) is 0 Å². The Hall–Kier alpha value is -0.840. The number of aryl methyl sites for hydroxylation is 1. The Morgan fingerprint density at radius 1 is 1.82 bits per heavy atom. The molecule has 0 fully saturated rings. The molecule has 0 aromatic carbocycles. The zero-order valence-electron chi connectivity index (χ0n) is 5.58. The minimum Gasteiger partial charge on any atom is -0.481 e. The summed E-state index contributed by atoms with van der Waals surface area (Å²) in [5, 5.41) is 8.31. The largest absolute Gasteiger partial charge is 0.481 e. The van der Waals surface area contributed by atoms with Gasteiger partial charge in [-0.15, -0.1) is 0 Å². The molecule has 0 spiro atoms. The zero-order valence-corrected chi connectivity index (χ0v) is 7.17. The SMILES string of the molecule is O=C(O)CCc1coc(Br)n1. The maximum Gasteiger partial charge on any atom is 0.303 e. The Bertz CT molecular complexity index is 258. The molecule has 1 N–H and O–H groups in total. The highest BCUT2D eigenvalue weighted by Crippen LogP contribution is 2.09. The molecule has 1 rings (SSSR count). The molecule has 0 radical (unpaired) electrons. The number of hydrogen-bond acceptors (Lipinski definition) is 3. The van der Waals surface area contributed by atoms with Crippen LogP contribution in [0.2, 0.25) is 0 Å². The van der Waals surface area contributed by atoms with Gasteiger partial charge in [-0.3, -0.25) is 4.79 Å². The van der Waals surface area contributed by atoms with E-state index in [1.165, 1.54) is 6.26 Å². The van der Waals surface area contributed by atoms with Gasteiger partial charge in [0.1, 0.15) is 6.26 Å². The lowest BCUT2D eigenvalue weighted by molar-refractivity contribution is -0.136. The van der Waals surface area contributed by atoms with Crippen molar-refractivity contribution in [1.82, 2.24) is 4.98 Å². The van der Waals surface area contributed by atoms with E-state index < -0.39 is 5.97 Å². The van der Waals surface area contributed by atoms with Crippen LogP contribution in [0.1, 0.15) is 12.1 Å². The first-order chi connectivity index (χ1) is 5.18. The van der Waals surface area contributed by atoms with Crippen LogP contribution in [0.15, 0.2) is 15.5 Å². The molecule has 1 heterocycles. The fourth-order valence-corrected chi connectivity index (χ4v) is 0.953. The van der Waals surface area contributed by atoms with E-state index in [9.17, 15) is 4.79 Å². The molecule has 11 heavy (non-hydrogen) atoms. The van der Waals surface area contributed by atoms with Crippen LogP contribution < -0.4 is 0 Å². The van der Waals surface area contributed by atoms with E-state index in [1.807, 2.05) is 0 Å². The summed E-state index contributed by atoms with van der Waals surface area (Å²) in [6, 6.07) is 0. The van der Waals surface area contributed by atoms with Crippen molar-refractivity contribution in [3.05, 3.63) is 16.8 Å². The van der Waals surface area contributed by atoms with Gasteiger partial charge in [0.15, 0.2) is 0 Å². The van der Waals surface area contributed by atoms with Gasteiger partial charge < -0.3 is 9.52 Å². The normalized spacial score (nSPS) is 9.91. The van der Waals surface area contributed by atoms with Crippen LogP contribution in [-0.4, -0.2) is 16.1 Å². The Balaban J connectivity index is 2.45. The van der Waals surface area contributed by atoms with Gasteiger partial charge in [0, 0.05) is 22.4 Å². The number of carboxylic acids is 1. The molecule has 0 bridgehead atoms. The predicted molar refractivity (Wildman–Crippen MR) is 40.2 cm³/mol. The van der Waals surface area contributed by atoms with Crippen molar-refractivity contribution in [2.75, 3.05) is 0 Å². The summed E-state index contributed by atoms with van der Waals surface area (Å²) in [5.41, 5.74) is 0.652. The number of carboxylic acid groups (broad SMARTS) is 1. The minimum absolute atomic E-state index is 0.0823. The summed E-state index contributed by atoms with van der Waals surface area (Å²) in [5.74, 6) is -0.830. The second-order valence-electron chi connectivity index (χ2n) is 1.99. The average Bonchev–Trinajstić information content (AvgIpc) is 2.31. The number of aliphatic carboxylic acids is 1. The van der Waals surface area contributed by atoms with Crippen molar-refractivity contribution < 1.29 is 14.3 Å². The molecule has 0 atom stereocenters. The monoisotopic (exact) mass is 219 g/mol. The van der Waals surface area contributed by atoms with E-state index in [0.717, 1.165) is 0 Å². The van der Waals surface area contributed by atoms with Crippen molar-refractivity contribution in [1.29, 1.82) is 0 Å². The topological polar surface area (TPSA) is 63.3 Å². The smallest absolute Gasteiger partial charge is 0.303 e. The highest BCUT2D eigenvalue weighted by molar-refractivity contribution is 9.10. The molecule has 0 saturated heterocycles. The molecule has 0 amide bonds. The van der Waals surface area contributed by atoms with Gasteiger partial charge in [-0.25, -0.2) is 4.98 Å². The van der Waals surface area contributed by atoms with E-state index in [0.29, 0.717) is 16.9 Å². The first-order valence-corrected chi connectivity index (χ1v) is 3.79. The maximum absolute atomic E-state index is 10.1. The summed E-state index contributed by atoms with van der Waals surface area (Å²) in [6.07, 6.45) is 1.93. The Morgan fingerprint density at radius 2 is 2.55 bits per heavy atom. The third kappa shape index (κ3) is 2.71. The molecule has 0 unspecified atom stereocenters. The minimum atomic E-state index is -0.830. The van der Waals surface area contributed by atoms with Gasteiger partial charge in [0.2, 0.25) is 0 Å². The quantitative estimate of drug-likeness (QED) is 0.837. The molecule has 60 valence electrons. The van der Waals surface area contributed by atoms with Crippen LogP contribution >= 0.6 is 15.9 Å². The zero-order chi connectivity index (χ0) is 8.27. The molecule has 1 aromatic rings. The van der Waals surface area contributed by atoms with Crippen molar-refractivity contribution >= 4 is 21.9 Å². The summed E-state index contributed by atoms with van der Waals surface area (Å²) >= 11 is 3.01. The fraction of sp³-hybridized carbons (Fsp3) is 0.333. The van der Waals surface area contributed by atoms with E-state index in [-0.39, 0.29) is 6.42 Å². The summed E-state index contributed by atoms with van der Waals surface area (Å²) < 4.78 is 4.81. The third-order valence-electron chi connectivity index (χ3n) is 1.12. The summed E-state index contributed by atoms with van der Waals surface area (Å²) in [4.78, 5) is 14.4. The van der Waals surface area contributed by atoms with Crippen LogP contribution in [0.3, 0.4) is 0 Å². The van der Waals surface area contributed by atoms with Crippen LogP contribution in [0, 0.1) is 0 Å². The maximum atomic E-state index is 10.1. The van der Waals surface area contributed by atoms with E-state index in [2.05, 4.69) is 20.9 Å². The molecule has 0 saturated carbocycles. The van der Waals surface area contributed by atoms with Crippen LogP contribution in [0.5, 0.6) is 0 Å². The summed E-state index contributed by atoms with van der Waals surface area (Å²) in [6.45, 7) is 0. The van der Waals surface area contributed by atoms with Gasteiger partial charge in [-0.05, 0) is 0 Å². The molecular formula is C6H6BrNO3. The highest BCUT2D eigenvalue weighted by Gasteiger charge is 2.03. The lowest BCUT2D eigenvalue weighted by atomic mass is 10.2. The second kappa shape index (κ2) is 3.52. The molecule has 4 nitrogen and oxygen atoms in total.